The number of rotatable bonds is 23. The van der Waals surface area contributed by atoms with Gasteiger partial charge in [0.15, 0.2) is 0 Å². The Labute approximate surface area is 375 Å². The van der Waals surface area contributed by atoms with Crippen LogP contribution < -0.4 is 20.1 Å². The molecule has 5 rings (SSSR count). The molecule has 9 nitrogen and oxygen atoms in total. The molecular weight excluding hydrogens is 857 g/mol. The highest BCUT2D eigenvalue weighted by Gasteiger charge is 2.42. The first-order valence-corrected chi connectivity index (χ1v) is 24.5. The molecule has 4 aromatic rings. The highest BCUT2D eigenvalue weighted by atomic mass is 35.5. The monoisotopic (exact) mass is 911 g/mol. The molecule has 322 valence electrons. The lowest BCUT2D eigenvalue weighted by atomic mass is 10.1. The molecule has 0 radical (unpaired) electrons. The number of halogens is 3. The van der Waals surface area contributed by atoms with Gasteiger partial charge in [-0.3, -0.25) is 19.3 Å². The minimum absolute atomic E-state index is 0.0682. The van der Waals surface area contributed by atoms with Crippen LogP contribution in [-0.4, -0.2) is 37.9 Å². The number of thioether (sulfide) groups is 1. The van der Waals surface area contributed by atoms with E-state index in [1.54, 1.807) is 72.8 Å². The van der Waals surface area contributed by atoms with Gasteiger partial charge in [-0.05, 0) is 74.4 Å². The fraction of sp³-hybridized carbons (Fsp3) is 0.413. The van der Waals surface area contributed by atoms with Gasteiger partial charge in [-0.25, -0.2) is 18.4 Å². The van der Waals surface area contributed by atoms with Crippen molar-refractivity contribution in [3.63, 3.8) is 0 Å². The van der Waals surface area contributed by atoms with Gasteiger partial charge in [0.1, 0.15) is 16.8 Å². The largest absolute Gasteiger partial charge is 0.326 e. The van der Waals surface area contributed by atoms with E-state index in [0.717, 1.165) is 31.2 Å². The van der Waals surface area contributed by atoms with Gasteiger partial charge in [-0.1, -0.05) is 155 Å². The Morgan fingerprint density at radius 3 is 2.07 bits per heavy atom. The number of benzene rings is 4. The van der Waals surface area contributed by atoms with E-state index in [9.17, 15) is 18.0 Å². The summed E-state index contributed by atoms with van der Waals surface area (Å²) in [6.07, 6.45) is 15.1. The number of amidine groups is 1. The average Bonchev–Trinajstić information content (AvgIpc) is 3.50. The maximum atomic E-state index is 14.5. The first-order valence-electron chi connectivity index (χ1n) is 21.0. The van der Waals surface area contributed by atoms with E-state index in [1.165, 1.54) is 84.6 Å². The van der Waals surface area contributed by atoms with Crippen molar-refractivity contribution in [1.29, 1.82) is 0 Å². The second-order valence-electron chi connectivity index (χ2n) is 15.1. The minimum Gasteiger partial charge on any atom is -0.326 e. The summed E-state index contributed by atoms with van der Waals surface area (Å²) in [6.45, 7) is 6.39. The standard InChI is InChI=1S/C46H56Cl3N5O4S2/c1-4-6-8-9-10-11-12-13-14-15-16-24-42(55)50-35-20-19-21-36(32-35)51-45-44(46(56)54(52-45)43-38(48)30-34(47)31-39(43)49)59-41-23-18-17-22-40(41)53(29-7-5-2)60(57,58)37-27-25-33(3)26-28-37/h17-23,25-28,30-32,44H,4-16,24,29H2,1-3H3,(H,50,55)(H,51,52). The Hall–Kier alpha value is -3.74. The number of unbranched alkanes of at least 4 members (excludes halogenated alkanes) is 11. The molecule has 2 amide bonds. The number of nitrogens with zero attached hydrogens (tertiary/aromatic N) is 3. The quantitative estimate of drug-likeness (QED) is 0.0717. The lowest BCUT2D eigenvalue weighted by Gasteiger charge is -2.27. The molecule has 4 aromatic carbocycles. The summed E-state index contributed by atoms with van der Waals surface area (Å²) in [5.41, 5.74) is 5.78. The number of hydrazine groups is 1. The number of carbonyl (C=O) groups excluding carboxylic acids is 2. The van der Waals surface area contributed by atoms with Gasteiger partial charge in [0, 0.05) is 28.6 Å². The van der Waals surface area contributed by atoms with Crippen LogP contribution in [0.4, 0.5) is 22.7 Å². The Balaban J connectivity index is 1.37. The molecule has 2 N–H and O–H groups in total. The van der Waals surface area contributed by atoms with E-state index in [2.05, 4.69) is 17.7 Å². The molecule has 0 aromatic heterocycles. The highest BCUT2D eigenvalue weighted by molar-refractivity contribution is 8.01. The Bertz CT molecular complexity index is 2180. The number of sulfonamides is 1. The molecule has 60 heavy (non-hydrogen) atoms. The number of carbonyl (C=O) groups is 2. The van der Waals surface area contributed by atoms with Crippen LogP contribution in [0.2, 0.25) is 15.1 Å². The zero-order chi connectivity index (χ0) is 43.1. The first kappa shape index (κ1) is 47.3. The van der Waals surface area contributed by atoms with Crippen LogP contribution in [0.25, 0.3) is 0 Å². The fourth-order valence-electron chi connectivity index (χ4n) is 6.93. The molecular formula is C46H56Cl3N5O4S2. The molecule has 0 saturated carbocycles. The number of anilines is 3. The summed E-state index contributed by atoms with van der Waals surface area (Å²) in [6, 6.07) is 24.0. The van der Waals surface area contributed by atoms with Crippen molar-refractivity contribution in [2.24, 2.45) is 4.99 Å². The topological polar surface area (TPSA) is 111 Å². The number of hydrogen-bond acceptors (Lipinski definition) is 6. The molecule has 0 spiro atoms. The summed E-state index contributed by atoms with van der Waals surface area (Å²) >= 11 is 20.7. The second kappa shape index (κ2) is 23.5. The van der Waals surface area contributed by atoms with Gasteiger partial charge in [0.05, 0.1) is 26.3 Å². The smallest absolute Gasteiger partial charge is 0.267 e. The summed E-state index contributed by atoms with van der Waals surface area (Å²) in [5, 5.41) is 3.87. The van der Waals surface area contributed by atoms with E-state index < -0.39 is 21.2 Å². The van der Waals surface area contributed by atoms with Crippen molar-refractivity contribution >= 4 is 97.0 Å². The second-order valence-corrected chi connectivity index (χ2v) is 19.4. The van der Waals surface area contributed by atoms with E-state index in [1.807, 2.05) is 13.8 Å². The Kier molecular flexibility index (Phi) is 18.5. The third-order valence-electron chi connectivity index (χ3n) is 10.2. The van der Waals surface area contributed by atoms with Gasteiger partial charge in [0.2, 0.25) is 5.91 Å². The molecule has 1 heterocycles. The zero-order valence-electron chi connectivity index (χ0n) is 34.7. The van der Waals surface area contributed by atoms with Gasteiger partial charge in [-0.15, -0.1) is 11.8 Å². The molecule has 1 fully saturated rings. The van der Waals surface area contributed by atoms with E-state index in [4.69, 9.17) is 39.8 Å². The number of aryl methyl sites for hydroxylation is 1. The SMILES string of the molecule is CCCCCCCCCCCCCC(=O)Nc1cccc(N=C2NN(c3c(Cl)cc(Cl)cc3Cl)C(=O)C2Sc2ccccc2N(CCCC)S(=O)(=O)c2ccc(C)cc2)c1. The third-order valence-corrected chi connectivity index (χ3v) is 14.1. The van der Waals surface area contributed by atoms with Crippen LogP contribution in [0.5, 0.6) is 0 Å². The third kappa shape index (κ3) is 13.1. The summed E-state index contributed by atoms with van der Waals surface area (Å²) < 4.78 is 29.9. The number of nitrogens with one attached hydrogen (secondary N) is 2. The van der Waals surface area contributed by atoms with Crippen LogP contribution in [0.15, 0.2) is 99.7 Å². The van der Waals surface area contributed by atoms with E-state index in [-0.39, 0.29) is 38.9 Å². The molecule has 1 aliphatic rings. The average molecular weight is 913 g/mol. The van der Waals surface area contributed by atoms with E-state index in [0.29, 0.717) is 39.8 Å². The van der Waals surface area contributed by atoms with Crippen molar-refractivity contribution < 1.29 is 18.0 Å². The predicted molar refractivity (Wildman–Crippen MR) is 252 cm³/mol. The first-order chi connectivity index (χ1) is 28.9. The number of aliphatic imine (C=N–C) groups is 1. The number of para-hydroxylation sites is 1. The molecule has 1 saturated heterocycles. The molecule has 1 unspecified atom stereocenters. The Morgan fingerprint density at radius 1 is 0.800 bits per heavy atom. The van der Waals surface area contributed by atoms with Gasteiger partial charge in [0.25, 0.3) is 15.9 Å². The normalized spacial score (nSPS) is 14.8. The molecule has 0 aliphatic carbocycles. The highest BCUT2D eigenvalue weighted by Crippen LogP contribution is 2.42. The predicted octanol–water partition coefficient (Wildman–Crippen LogP) is 13.3. The Morgan fingerprint density at radius 2 is 1.42 bits per heavy atom. The maximum absolute atomic E-state index is 14.5. The fourth-order valence-corrected chi connectivity index (χ4v) is 10.6. The van der Waals surface area contributed by atoms with Gasteiger partial charge in [-0.2, -0.15) is 0 Å². The number of hydrogen-bond donors (Lipinski definition) is 2. The molecule has 1 atom stereocenters. The lowest BCUT2D eigenvalue weighted by molar-refractivity contribution is -0.117. The van der Waals surface area contributed by atoms with Gasteiger partial charge < -0.3 is 5.32 Å². The summed E-state index contributed by atoms with van der Waals surface area (Å²) in [5.74, 6) is -0.244. The van der Waals surface area contributed by atoms with Crippen LogP contribution in [0.3, 0.4) is 0 Å². The molecule has 0 bridgehead atoms. The molecule has 14 heteroatoms. The van der Waals surface area contributed by atoms with E-state index >= 15 is 0 Å². The lowest BCUT2D eigenvalue weighted by Crippen LogP contribution is -2.36. The maximum Gasteiger partial charge on any atom is 0.267 e. The van der Waals surface area contributed by atoms with Crippen molar-refractivity contribution in [3.8, 4) is 0 Å². The van der Waals surface area contributed by atoms with Crippen LogP contribution in [0.1, 0.15) is 109 Å². The van der Waals surface area contributed by atoms with Crippen molar-refractivity contribution in [2.75, 3.05) is 21.2 Å². The molecule has 1 aliphatic heterocycles. The van der Waals surface area contributed by atoms with Crippen LogP contribution in [-0.2, 0) is 19.6 Å². The zero-order valence-corrected chi connectivity index (χ0v) is 38.6. The van der Waals surface area contributed by atoms with Crippen molar-refractivity contribution in [3.05, 3.63) is 106 Å². The summed E-state index contributed by atoms with van der Waals surface area (Å²) in [4.78, 5) is 33.1. The van der Waals surface area contributed by atoms with Gasteiger partial charge >= 0.3 is 0 Å². The van der Waals surface area contributed by atoms with Crippen molar-refractivity contribution in [2.45, 2.75) is 126 Å². The van der Waals surface area contributed by atoms with Crippen molar-refractivity contribution in [1.82, 2.24) is 5.43 Å². The minimum atomic E-state index is -3.98. The van der Waals surface area contributed by atoms with Crippen LogP contribution >= 0.6 is 46.6 Å². The summed E-state index contributed by atoms with van der Waals surface area (Å²) in [7, 11) is -3.98. The van der Waals surface area contributed by atoms with Crippen LogP contribution in [0, 0.1) is 6.92 Å². The number of amides is 2.